The maximum atomic E-state index is 12.3. The van der Waals surface area contributed by atoms with Gasteiger partial charge in [-0.2, -0.15) is 0 Å². The summed E-state index contributed by atoms with van der Waals surface area (Å²) in [5, 5.41) is 3.37. The first-order chi connectivity index (χ1) is 8.58. The lowest BCUT2D eigenvalue weighted by molar-refractivity contribution is -0.124. The van der Waals surface area contributed by atoms with Crippen molar-refractivity contribution in [1.82, 2.24) is 14.9 Å². The van der Waals surface area contributed by atoms with Gasteiger partial charge in [-0.05, 0) is 13.3 Å². The summed E-state index contributed by atoms with van der Waals surface area (Å²) >= 11 is 1.48. The maximum Gasteiger partial charge on any atom is 0.257 e. The molecule has 0 fully saturated rings. The number of rotatable bonds is 2. The van der Waals surface area contributed by atoms with Gasteiger partial charge in [0.15, 0.2) is 5.16 Å². The molecule has 1 aliphatic heterocycles. The van der Waals surface area contributed by atoms with Crippen LogP contribution in [0.5, 0.6) is 0 Å². The Morgan fingerprint density at radius 3 is 2.94 bits per heavy atom. The molecule has 0 saturated carbocycles. The van der Waals surface area contributed by atoms with Gasteiger partial charge in [-0.1, -0.05) is 18.7 Å². The molecule has 18 heavy (non-hydrogen) atoms. The van der Waals surface area contributed by atoms with E-state index in [4.69, 9.17) is 0 Å². The highest BCUT2D eigenvalue weighted by molar-refractivity contribution is 7.99. The number of carbonyl (C=O) groups excluding carboxylic acids is 1. The molecule has 1 aliphatic rings. The van der Waals surface area contributed by atoms with Crippen molar-refractivity contribution in [2.75, 3.05) is 12.8 Å². The minimum atomic E-state index is -0.153. The minimum absolute atomic E-state index is 0.00102. The smallest absolute Gasteiger partial charge is 0.257 e. The number of aryl methyl sites for hydroxylation is 1. The van der Waals surface area contributed by atoms with Crippen LogP contribution >= 0.6 is 11.8 Å². The molecule has 5 nitrogen and oxygen atoms in total. The molecular weight excluding hydrogens is 250 g/mol. The van der Waals surface area contributed by atoms with Gasteiger partial charge in [-0.3, -0.25) is 14.2 Å². The van der Waals surface area contributed by atoms with Crippen LogP contribution in [0, 0.1) is 12.8 Å². The third-order valence-electron chi connectivity index (χ3n) is 3.22. The number of nitrogens with one attached hydrogen (secondary N) is 1. The third kappa shape index (κ3) is 2.16. The summed E-state index contributed by atoms with van der Waals surface area (Å²) < 4.78 is 1.64. The van der Waals surface area contributed by atoms with Crippen molar-refractivity contribution in [3.05, 3.63) is 21.6 Å². The fraction of sp³-hybridized carbons (Fsp3) is 0.583. The molecule has 2 rings (SSSR count). The lowest BCUT2D eigenvalue weighted by Crippen LogP contribution is -2.39. The second-order valence-corrected chi connectivity index (χ2v) is 5.34. The summed E-state index contributed by atoms with van der Waals surface area (Å²) in [7, 11) is 1.62. The summed E-state index contributed by atoms with van der Waals surface area (Å²) in [5.74, 6) is 0.509. The van der Waals surface area contributed by atoms with Gasteiger partial charge >= 0.3 is 0 Å². The predicted octanol–water partition coefficient (Wildman–Crippen LogP) is 0.582. The van der Waals surface area contributed by atoms with Crippen molar-refractivity contribution in [2.24, 2.45) is 5.92 Å². The summed E-state index contributed by atoms with van der Waals surface area (Å²) in [6, 6.07) is 0. The average Bonchev–Trinajstić information content (AvgIpc) is 2.38. The minimum Gasteiger partial charge on any atom is -0.359 e. The Labute approximate surface area is 110 Å². The second kappa shape index (κ2) is 5.14. The first-order valence-corrected chi connectivity index (χ1v) is 7.01. The van der Waals surface area contributed by atoms with Crippen molar-refractivity contribution < 1.29 is 4.79 Å². The summed E-state index contributed by atoms with van der Waals surface area (Å²) in [4.78, 5) is 28.4. The molecule has 0 saturated heterocycles. The van der Waals surface area contributed by atoms with E-state index in [1.54, 1.807) is 11.6 Å². The molecule has 0 bridgehead atoms. The predicted molar refractivity (Wildman–Crippen MR) is 70.9 cm³/mol. The van der Waals surface area contributed by atoms with E-state index in [9.17, 15) is 9.59 Å². The zero-order valence-corrected chi connectivity index (χ0v) is 11.6. The first kappa shape index (κ1) is 13.1. The van der Waals surface area contributed by atoms with Crippen LogP contribution in [0.4, 0.5) is 0 Å². The Balaban J connectivity index is 2.43. The van der Waals surface area contributed by atoms with E-state index < -0.39 is 0 Å². The van der Waals surface area contributed by atoms with Gasteiger partial charge in [0.1, 0.15) is 0 Å². The zero-order chi connectivity index (χ0) is 13.3. The monoisotopic (exact) mass is 267 g/mol. The molecule has 0 aromatic carbocycles. The van der Waals surface area contributed by atoms with Crippen molar-refractivity contribution in [1.29, 1.82) is 0 Å². The molecule has 1 amide bonds. The number of fused-ring (bicyclic) bond motifs is 1. The normalized spacial score (nSPS) is 18.3. The van der Waals surface area contributed by atoms with Crippen molar-refractivity contribution in [2.45, 2.75) is 32.0 Å². The van der Waals surface area contributed by atoms with Crippen LogP contribution in [0.25, 0.3) is 0 Å². The van der Waals surface area contributed by atoms with Crippen LogP contribution in [0.15, 0.2) is 9.95 Å². The molecule has 1 aromatic rings. The fourth-order valence-electron chi connectivity index (χ4n) is 2.17. The third-order valence-corrected chi connectivity index (χ3v) is 4.36. The van der Waals surface area contributed by atoms with E-state index in [-0.39, 0.29) is 17.4 Å². The number of carbonyl (C=O) groups is 1. The van der Waals surface area contributed by atoms with E-state index >= 15 is 0 Å². The Bertz CT molecular complexity index is 539. The van der Waals surface area contributed by atoms with Gasteiger partial charge in [0.2, 0.25) is 5.91 Å². The Kier molecular flexibility index (Phi) is 3.75. The number of nitrogens with zero attached hydrogens (tertiary/aromatic N) is 2. The van der Waals surface area contributed by atoms with Crippen molar-refractivity contribution in [3.8, 4) is 0 Å². The largest absolute Gasteiger partial charge is 0.359 e. The molecule has 1 unspecified atom stereocenters. The first-order valence-electron chi connectivity index (χ1n) is 6.03. The number of aromatic nitrogens is 2. The molecule has 1 atom stereocenters. The second-order valence-electron chi connectivity index (χ2n) is 4.35. The molecule has 2 heterocycles. The Morgan fingerprint density at radius 1 is 1.61 bits per heavy atom. The summed E-state index contributed by atoms with van der Waals surface area (Å²) in [5.41, 5.74) is 1.55. The highest BCUT2D eigenvalue weighted by atomic mass is 32.2. The zero-order valence-electron chi connectivity index (χ0n) is 10.8. The quantitative estimate of drug-likeness (QED) is 0.796. The van der Waals surface area contributed by atoms with Crippen LogP contribution in [0.2, 0.25) is 0 Å². The molecule has 98 valence electrons. The van der Waals surface area contributed by atoms with Gasteiger partial charge < -0.3 is 5.32 Å². The molecule has 1 N–H and O–H groups in total. The van der Waals surface area contributed by atoms with Crippen LogP contribution in [-0.2, 0) is 17.8 Å². The lowest BCUT2D eigenvalue weighted by Gasteiger charge is -2.24. The fourth-order valence-corrected chi connectivity index (χ4v) is 3.29. The number of hydrogen-bond acceptors (Lipinski definition) is 4. The van der Waals surface area contributed by atoms with E-state index in [0.717, 1.165) is 16.4 Å². The van der Waals surface area contributed by atoms with E-state index in [1.165, 1.54) is 11.8 Å². The molecule has 0 radical (unpaired) electrons. The van der Waals surface area contributed by atoms with Crippen molar-refractivity contribution >= 4 is 17.7 Å². The number of thioether (sulfide) groups is 1. The number of hydrogen-bond donors (Lipinski definition) is 1. The van der Waals surface area contributed by atoms with Crippen LogP contribution in [0.3, 0.4) is 0 Å². The molecular formula is C12H17N3O2S. The molecule has 0 aliphatic carbocycles. The average molecular weight is 267 g/mol. The topological polar surface area (TPSA) is 64.0 Å². The van der Waals surface area contributed by atoms with E-state index in [1.807, 2.05) is 13.8 Å². The lowest BCUT2D eigenvalue weighted by atomic mass is 10.1. The highest BCUT2D eigenvalue weighted by Crippen LogP contribution is 2.25. The Hall–Kier alpha value is -1.30. The van der Waals surface area contributed by atoms with E-state index in [0.29, 0.717) is 18.7 Å². The standard InChI is InChI=1S/C12H17N3O2S/c1-4-9-7(2)14-12-15(11(9)17)5-8(6-18-12)10(16)13-3/h8H,4-6H2,1-3H3,(H,13,16). The molecule has 6 heteroatoms. The summed E-state index contributed by atoms with van der Waals surface area (Å²) in [6.07, 6.45) is 0.674. The van der Waals surface area contributed by atoms with Crippen molar-refractivity contribution in [3.63, 3.8) is 0 Å². The maximum absolute atomic E-state index is 12.3. The summed E-state index contributed by atoms with van der Waals surface area (Å²) in [6.45, 7) is 4.25. The van der Waals surface area contributed by atoms with Gasteiger partial charge in [0, 0.05) is 30.6 Å². The van der Waals surface area contributed by atoms with E-state index in [2.05, 4.69) is 10.3 Å². The highest BCUT2D eigenvalue weighted by Gasteiger charge is 2.27. The van der Waals surface area contributed by atoms with Gasteiger partial charge in [-0.15, -0.1) is 0 Å². The van der Waals surface area contributed by atoms with Gasteiger partial charge in [0.25, 0.3) is 5.56 Å². The molecule has 0 spiro atoms. The van der Waals surface area contributed by atoms with Gasteiger partial charge in [-0.25, -0.2) is 4.98 Å². The molecule has 1 aromatic heterocycles. The van der Waals surface area contributed by atoms with Crippen LogP contribution < -0.4 is 10.9 Å². The number of amides is 1. The van der Waals surface area contributed by atoms with Gasteiger partial charge in [0.05, 0.1) is 5.92 Å². The SMILES string of the molecule is CCc1c(C)nc2n(c1=O)CC(C(=O)NC)CS2. The Morgan fingerprint density at radius 2 is 2.33 bits per heavy atom. The van der Waals surface area contributed by atoms with Crippen LogP contribution in [-0.4, -0.2) is 28.3 Å². The van der Waals surface area contributed by atoms with Crippen LogP contribution in [0.1, 0.15) is 18.2 Å².